The van der Waals surface area contributed by atoms with Crippen molar-refractivity contribution < 1.29 is 4.79 Å². The molecule has 0 unspecified atom stereocenters. The van der Waals surface area contributed by atoms with Crippen molar-refractivity contribution in [2.24, 2.45) is 0 Å². The number of hydrogen-bond acceptors (Lipinski definition) is 5. The lowest BCUT2D eigenvalue weighted by Crippen LogP contribution is -2.15. The van der Waals surface area contributed by atoms with Gasteiger partial charge in [0.15, 0.2) is 11.0 Å². The lowest BCUT2D eigenvalue weighted by atomic mass is 10.2. The van der Waals surface area contributed by atoms with E-state index in [0.29, 0.717) is 22.4 Å². The van der Waals surface area contributed by atoms with Gasteiger partial charge in [0.1, 0.15) is 0 Å². The Balaban J connectivity index is 1.51. The predicted molar refractivity (Wildman–Crippen MR) is 135 cm³/mol. The molecule has 33 heavy (non-hydrogen) atoms. The Labute approximate surface area is 202 Å². The number of carbonyl (C=O) groups excluding carboxylic acids is 1. The first kappa shape index (κ1) is 22.9. The van der Waals surface area contributed by atoms with Crippen molar-refractivity contribution in [2.75, 3.05) is 16.4 Å². The molecule has 2 N–H and O–H groups in total. The van der Waals surface area contributed by atoms with Gasteiger partial charge in [-0.25, -0.2) is 0 Å². The summed E-state index contributed by atoms with van der Waals surface area (Å²) in [6.45, 7) is 4.61. The van der Waals surface area contributed by atoms with Gasteiger partial charge in [0, 0.05) is 16.4 Å². The van der Waals surface area contributed by atoms with Gasteiger partial charge in [0.2, 0.25) is 5.91 Å². The van der Waals surface area contributed by atoms with Crippen LogP contribution in [0.2, 0.25) is 5.02 Å². The monoisotopic (exact) mass is 477 g/mol. The maximum absolute atomic E-state index is 12.5. The number of carbonyl (C=O) groups is 1. The van der Waals surface area contributed by atoms with Crippen LogP contribution < -0.4 is 10.6 Å². The minimum Gasteiger partial charge on any atom is -0.378 e. The number of para-hydroxylation sites is 1. The smallest absolute Gasteiger partial charge is 0.234 e. The lowest BCUT2D eigenvalue weighted by Gasteiger charge is -2.13. The van der Waals surface area contributed by atoms with E-state index in [1.165, 1.54) is 17.3 Å². The van der Waals surface area contributed by atoms with E-state index in [1.807, 2.05) is 47.9 Å². The average molecular weight is 478 g/mol. The molecule has 0 aliphatic carbocycles. The standard InChI is InChI=1S/C25H24ClN5OS/c1-17-7-11-20(12-8-17)27-15-23-29-30-25(31(23)22-6-4-3-5-18(22)2)33-16-24(32)28-21-13-9-19(26)10-14-21/h3-14,27H,15-16H2,1-2H3,(H,28,32). The third-order valence-corrected chi connectivity index (χ3v) is 6.20. The van der Waals surface area contributed by atoms with Crippen LogP contribution in [0.5, 0.6) is 0 Å². The van der Waals surface area contributed by atoms with E-state index in [4.69, 9.17) is 11.6 Å². The van der Waals surface area contributed by atoms with Crippen LogP contribution in [0.4, 0.5) is 11.4 Å². The zero-order chi connectivity index (χ0) is 23.2. The van der Waals surface area contributed by atoms with Crippen molar-refractivity contribution in [2.45, 2.75) is 25.5 Å². The Morgan fingerprint density at radius 2 is 1.64 bits per heavy atom. The summed E-state index contributed by atoms with van der Waals surface area (Å²) >= 11 is 7.26. The number of nitrogens with one attached hydrogen (secondary N) is 2. The molecule has 0 saturated carbocycles. The van der Waals surface area contributed by atoms with Crippen molar-refractivity contribution in [1.29, 1.82) is 0 Å². The number of rotatable bonds is 8. The zero-order valence-electron chi connectivity index (χ0n) is 18.4. The van der Waals surface area contributed by atoms with Crippen molar-refractivity contribution >= 4 is 40.6 Å². The first-order chi connectivity index (χ1) is 16.0. The van der Waals surface area contributed by atoms with Gasteiger partial charge in [-0.15, -0.1) is 10.2 Å². The number of halogens is 1. The molecule has 1 aromatic heterocycles. The molecule has 0 aliphatic rings. The Kier molecular flexibility index (Phi) is 7.32. The molecule has 1 heterocycles. The average Bonchev–Trinajstić information content (AvgIpc) is 3.22. The highest BCUT2D eigenvalue weighted by Gasteiger charge is 2.17. The zero-order valence-corrected chi connectivity index (χ0v) is 20.0. The molecule has 6 nitrogen and oxygen atoms in total. The molecule has 0 fully saturated rings. The van der Waals surface area contributed by atoms with E-state index >= 15 is 0 Å². The molecule has 0 aliphatic heterocycles. The highest BCUT2D eigenvalue weighted by Crippen LogP contribution is 2.25. The topological polar surface area (TPSA) is 71.8 Å². The number of aryl methyl sites for hydroxylation is 2. The van der Waals surface area contributed by atoms with Crippen molar-refractivity contribution in [3.05, 3.63) is 94.8 Å². The first-order valence-corrected chi connectivity index (χ1v) is 11.8. The Hall–Kier alpha value is -3.29. The van der Waals surface area contributed by atoms with Crippen LogP contribution in [0.1, 0.15) is 17.0 Å². The molecule has 0 radical (unpaired) electrons. The number of anilines is 2. The SMILES string of the molecule is Cc1ccc(NCc2nnc(SCC(=O)Nc3ccc(Cl)cc3)n2-c2ccccc2C)cc1. The van der Waals surface area contributed by atoms with Crippen LogP contribution in [-0.2, 0) is 11.3 Å². The van der Waals surface area contributed by atoms with Crippen molar-refractivity contribution in [1.82, 2.24) is 14.8 Å². The summed E-state index contributed by atoms with van der Waals surface area (Å²) in [6.07, 6.45) is 0. The summed E-state index contributed by atoms with van der Waals surface area (Å²) in [5.74, 6) is 0.851. The second-order valence-electron chi connectivity index (χ2n) is 7.58. The fourth-order valence-electron chi connectivity index (χ4n) is 3.28. The summed E-state index contributed by atoms with van der Waals surface area (Å²) in [4.78, 5) is 12.5. The summed E-state index contributed by atoms with van der Waals surface area (Å²) < 4.78 is 2.01. The molecule has 0 bridgehead atoms. The number of thioether (sulfide) groups is 1. The number of amides is 1. The molecule has 0 saturated heterocycles. The van der Waals surface area contributed by atoms with Gasteiger partial charge in [0.25, 0.3) is 0 Å². The van der Waals surface area contributed by atoms with E-state index in [0.717, 1.165) is 22.8 Å². The fraction of sp³-hybridized carbons (Fsp3) is 0.160. The maximum Gasteiger partial charge on any atom is 0.234 e. The molecule has 4 rings (SSSR count). The van der Waals surface area contributed by atoms with Crippen LogP contribution >= 0.6 is 23.4 Å². The molecule has 0 atom stereocenters. The maximum atomic E-state index is 12.5. The Morgan fingerprint density at radius 1 is 0.939 bits per heavy atom. The van der Waals surface area contributed by atoms with Crippen LogP contribution in [0, 0.1) is 13.8 Å². The number of hydrogen-bond donors (Lipinski definition) is 2. The lowest BCUT2D eigenvalue weighted by molar-refractivity contribution is -0.113. The van der Waals surface area contributed by atoms with Crippen LogP contribution in [0.15, 0.2) is 78.0 Å². The third kappa shape index (κ3) is 5.94. The molecule has 0 spiro atoms. The third-order valence-electron chi connectivity index (χ3n) is 5.02. The molecule has 4 aromatic rings. The number of benzene rings is 3. The van der Waals surface area contributed by atoms with Crippen LogP contribution in [-0.4, -0.2) is 26.4 Å². The highest BCUT2D eigenvalue weighted by atomic mass is 35.5. The molecule has 1 amide bonds. The van der Waals surface area contributed by atoms with Gasteiger partial charge in [-0.3, -0.25) is 9.36 Å². The minimum absolute atomic E-state index is 0.124. The predicted octanol–water partition coefficient (Wildman–Crippen LogP) is 5.88. The summed E-state index contributed by atoms with van der Waals surface area (Å²) in [6, 6.07) is 23.3. The number of nitrogens with zero attached hydrogens (tertiary/aromatic N) is 3. The Bertz CT molecular complexity index is 1240. The van der Waals surface area contributed by atoms with E-state index in [1.54, 1.807) is 24.3 Å². The number of aromatic nitrogens is 3. The van der Waals surface area contributed by atoms with Gasteiger partial charge in [-0.1, -0.05) is 59.3 Å². The van der Waals surface area contributed by atoms with Crippen molar-refractivity contribution in [3.63, 3.8) is 0 Å². The molecular formula is C25H24ClN5OS. The van der Waals surface area contributed by atoms with Crippen molar-refractivity contribution in [3.8, 4) is 5.69 Å². The molecular weight excluding hydrogens is 454 g/mol. The van der Waals surface area contributed by atoms with E-state index < -0.39 is 0 Å². The van der Waals surface area contributed by atoms with Gasteiger partial charge in [0.05, 0.1) is 18.0 Å². The second-order valence-corrected chi connectivity index (χ2v) is 8.96. The van der Waals surface area contributed by atoms with Gasteiger partial charge in [-0.2, -0.15) is 0 Å². The quantitative estimate of drug-likeness (QED) is 0.310. The molecule has 3 aromatic carbocycles. The normalized spacial score (nSPS) is 10.8. The van der Waals surface area contributed by atoms with E-state index in [2.05, 4.69) is 39.9 Å². The second kappa shape index (κ2) is 10.6. The van der Waals surface area contributed by atoms with E-state index in [-0.39, 0.29) is 11.7 Å². The molecule has 168 valence electrons. The first-order valence-electron chi connectivity index (χ1n) is 10.5. The van der Waals surface area contributed by atoms with Gasteiger partial charge >= 0.3 is 0 Å². The fourth-order valence-corrected chi connectivity index (χ4v) is 4.17. The summed E-state index contributed by atoms with van der Waals surface area (Å²) in [7, 11) is 0. The van der Waals surface area contributed by atoms with Crippen LogP contribution in [0.25, 0.3) is 5.69 Å². The summed E-state index contributed by atoms with van der Waals surface area (Å²) in [5.41, 5.74) is 5.01. The molecule has 8 heteroatoms. The van der Waals surface area contributed by atoms with Gasteiger partial charge in [-0.05, 0) is 61.9 Å². The highest BCUT2D eigenvalue weighted by molar-refractivity contribution is 7.99. The minimum atomic E-state index is -0.124. The largest absolute Gasteiger partial charge is 0.378 e. The van der Waals surface area contributed by atoms with Gasteiger partial charge < -0.3 is 10.6 Å². The van der Waals surface area contributed by atoms with E-state index in [9.17, 15) is 4.79 Å². The van der Waals surface area contributed by atoms with Crippen LogP contribution in [0.3, 0.4) is 0 Å². The Morgan fingerprint density at radius 3 is 2.36 bits per heavy atom. The summed E-state index contributed by atoms with van der Waals surface area (Å²) in [5, 5.41) is 16.4.